The molecule has 1 fully saturated rings. The highest BCUT2D eigenvalue weighted by atomic mass is 16.5. The van der Waals surface area contributed by atoms with Gasteiger partial charge in [-0.1, -0.05) is 30.3 Å². The molecule has 2 aromatic rings. The third-order valence-corrected chi connectivity index (χ3v) is 5.61. The first kappa shape index (κ1) is 21.8. The average Bonchev–Trinajstić information content (AvgIpc) is 2.79. The van der Waals surface area contributed by atoms with Crippen LogP contribution in [-0.2, 0) is 11.3 Å². The number of nitrogens with zero attached hydrogens (tertiary/aromatic N) is 2. The monoisotopic (exact) mass is 409 g/mol. The van der Waals surface area contributed by atoms with Crippen molar-refractivity contribution in [3.63, 3.8) is 0 Å². The van der Waals surface area contributed by atoms with Gasteiger partial charge in [-0.25, -0.2) is 0 Å². The predicted molar refractivity (Wildman–Crippen MR) is 117 cm³/mol. The van der Waals surface area contributed by atoms with Crippen molar-refractivity contribution in [3.05, 3.63) is 65.7 Å². The minimum Gasteiger partial charge on any atom is -0.497 e. The van der Waals surface area contributed by atoms with Gasteiger partial charge in [-0.3, -0.25) is 14.5 Å². The van der Waals surface area contributed by atoms with E-state index in [-0.39, 0.29) is 18.4 Å². The molecule has 0 aromatic heterocycles. The minimum absolute atomic E-state index is 0.0735. The van der Waals surface area contributed by atoms with Crippen LogP contribution in [0, 0.1) is 5.92 Å². The van der Waals surface area contributed by atoms with Crippen molar-refractivity contribution in [3.8, 4) is 5.75 Å². The highest BCUT2D eigenvalue weighted by molar-refractivity contribution is 5.96. The molecule has 2 amide bonds. The fraction of sp³-hybridized carbons (Fsp3) is 0.417. The molecule has 0 unspecified atom stereocenters. The highest BCUT2D eigenvalue weighted by Crippen LogP contribution is 2.19. The zero-order chi connectivity index (χ0) is 21.3. The third kappa shape index (κ3) is 6.32. The molecule has 0 atom stereocenters. The molecule has 3 rings (SSSR count). The van der Waals surface area contributed by atoms with E-state index in [9.17, 15) is 9.59 Å². The maximum atomic E-state index is 12.3. The Balaban J connectivity index is 1.35. The Hall–Kier alpha value is -2.86. The fourth-order valence-electron chi connectivity index (χ4n) is 3.74. The lowest BCUT2D eigenvalue weighted by molar-refractivity contribution is -0.121. The Kier molecular flexibility index (Phi) is 7.85. The number of carbonyl (C=O) groups excluding carboxylic acids is 2. The van der Waals surface area contributed by atoms with Gasteiger partial charge < -0.3 is 15.0 Å². The summed E-state index contributed by atoms with van der Waals surface area (Å²) in [4.78, 5) is 28.5. The van der Waals surface area contributed by atoms with E-state index in [0.29, 0.717) is 18.0 Å². The van der Waals surface area contributed by atoms with Gasteiger partial charge in [-0.05, 0) is 61.7 Å². The largest absolute Gasteiger partial charge is 0.497 e. The van der Waals surface area contributed by atoms with E-state index in [2.05, 4.69) is 22.3 Å². The standard InChI is InChI=1S/C24H31N3O3/c1-26(24(29)21-6-4-3-5-7-21)18-23(28)25-16-19-12-14-27(15-13-19)17-20-8-10-22(30-2)11-9-20/h3-11,19H,12-18H2,1-2H3,(H,25,28). The lowest BCUT2D eigenvalue weighted by atomic mass is 9.96. The molecule has 2 aromatic carbocycles. The van der Waals surface area contributed by atoms with Gasteiger partial charge in [0.1, 0.15) is 5.75 Å². The van der Waals surface area contributed by atoms with E-state index in [1.54, 1.807) is 26.3 Å². The Morgan fingerprint density at radius 1 is 1.07 bits per heavy atom. The Labute approximate surface area is 178 Å². The summed E-state index contributed by atoms with van der Waals surface area (Å²) in [5, 5.41) is 3.00. The van der Waals surface area contributed by atoms with Crippen molar-refractivity contribution in [2.75, 3.05) is 40.3 Å². The first-order chi connectivity index (χ1) is 14.5. The number of likely N-dealkylation sites (tertiary alicyclic amines) is 1. The second-order valence-corrected chi connectivity index (χ2v) is 7.90. The smallest absolute Gasteiger partial charge is 0.254 e. The van der Waals surface area contributed by atoms with Gasteiger partial charge >= 0.3 is 0 Å². The number of amides is 2. The molecular weight excluding hydrogens is 378 g/mol. The van der Waals surface area contributed by atoms with Crippen molar-refractivity contribution < 1.29 is 14.3 Å². The molecule has 0 spiro atoms. The summed E-state index contributed by atoms with van der Waals surface area (Å²) >= 11 is 0. The summed E-state index contributed by atoms with van der Waals surface area (Å²) < 4.78 is 5.21. The van der Waals surface area contributed by atoms with Crippen LogP contribution in [0.2, 0.25) is 0 Å². The van der Waals surface area contributed by atoms with Crippen LogP contribution in [0.1, 0.15) is 28.8 Å². The van der Waals surface area contributed by atoms with Crippen LogP contribution in [0.5, 0.6) is 5.75 Å². The number of benzene rings is 2. The lowest BCUT2D eigenvalue weighted by Crippen LogP contribution is -2.42. The molecule has 0 bridgehead atoms. The summed E-state index contributed by atoms with van der Waals surface area (Å²) in [7, 11) is 3.34. The topological polar surface area (TPSA) is 61.9 Å². The van der Waals surface area contributed by atoms with Gasteiger partial charge in [0, 0.05) is 25.7 Å². The van der Waals surface area contributed by atoms with E-state index >= 15 is 0 Å². The van der Waals surface area contributed by atoms with Crippen LogP contribution in [0.4, 0.5) is 0 Å². The molecule has 1 aliphatic heterocycles. The van der Waals surface area contributed by atoms with Crippen LogP contribution in [0.15, 0.2) is 54.6 Å². The molecule has 1 aliphatic rings. The van der Waals surface area contributed by atoms with Crippen LogP contribution in [0.25, 0.3) is 0 Å². The van der Waals surface area contributed by atoms with E-state index in [0.717, 1.165) is 38.2 Å². The van der Waals surface area contributed by atoms with Gasteiger partial charge in [-0.15, -0.1) is 0 Å². The molecule has 160 valence electrons. The Morgan fingerprint density at radius 3 is 2.37 bits per heavy atom. The van der Waals surface area contributed by atoms with E-state index in [1.807, 2.05) is 30.3 Å². The van der Waals surface area contributed by atoms with E-state index < -0.39 is 0 Å². The molecule has 6 heteroatoms. The summed E-state index contributed by atoms with van der Waals surface area (Å²) in [6, 6.07) is 17.2. The number of nitrogens with one attached hydrogen (secondary N) is 1. The van der Waals surface area contributed by atoms with Gasteiger partial charge in [0.15, 0.2) is 0 Å². The van der Waals surface area contributed by atoms with E-state index in [4.69, 9.17) is 4.74 Å². The molecule has 1 saturated heterocycles. The average molecular weight is 410 g/mol. The first-order valence-electron chi connectivity index (χ1n) is 10.5. The molecule has 0 aliphatic carbocycles. The summed E-state index contributed by atoms with van der Waals surface area (Å²) in [5.41, 5.74) is 1.88. The number of rotatable bonds is 8. The van der Waals surface area contributed by atoms with Crippen LogP contribution >= 0.6 is 0 Å². The third-order valence-electron chi connectivity index (χ3n) is 5.61. The molecule has 30 heavy (non-hydrogen) atoms. The second-order valence-electron chi connectivity index (χ2n) is 7.90. The Morgan fingerprint density at radius 2 is 1.73 bits per heavy atom. The van der Waals surface area contributed by atoms with Crippen molar-refractivity contribution in [1.82, 2.24) is 15.1 Å². The lowest BCUT2D eigenvalue weighted by Gasteiger charge is -2.32. The second kappa shape index (κ2) is 10.8. The van der Waals surface area contributed by atoms with Gasteiger partial charge in [0.05, 0.1) is 13.7 Å². The molecule has 0 radical (unpaired) electrons. The highest BCUT2D eigenvalue weighted by Gasteiger charge is 2.21. The fourth-order valence-corrected chi connectivity index (χ4v) is 3.74. The maximum Gasteiger partial charge on any atom is 0.254 e. The number of likely N-dealkylation sites (N-methyl/N-ethyl adjacent to an activating group) is 1. The number of ether oxygens (including phenoxy) is 1. The quantitative estimate of drug-likeness (QED) is 0.728. The van der Waals surface area contributed by atoms with Crippen LogP contribution in [0.3, 0.4) is 0 Å². The zero-order valence-corrected chi connectivity index (χ0v) is 17.8. The van der Waals surface area contributed by atoms with Crippen molar-refractivity contribution >= 4 is 11.8 Å². The zero-order valence-electron chi connectivity index (χ0n) is 17.8. The predicted octanol–water partition coefficient (Wildman–Crippen LogP) is 2.80. The number of methoxy groups -OCH3 is 1. The van der Waals surface area contributed by atoms with Gasteiger partial charge in [-0.2, -0.15) is 0 Å². The molecule has 0 saturated carbocycles. The maximum absolute atomic E-state index is 12.3. The van der Waals surface area contributed by atoms with Gasteiger partial charge in [0.25, 0.3) is 5.91 Å². The number of hydrogen-bond acceptors (Lipinski definition) is 4. The molecule has 6 nitrogen and oxygen atoms in total. The minimum atomic E-state index is -0.141. The SMILES string of the molecule is COc1ccc(CN2CCC(CNC(=O)CN(C)C(=O)c3ccccc3)CC2)cc1. The number of hydrogen-bond donors (Lipinski definition) is 1. The molecule has 1 heterocycles. The molecular formula is C24H31N3O3. The van der Waals surface area contributed by atoms with Crippen molar-refractivity contribution in [2.24, 2.45) is 5.92 Å². The summed E-state index contributed by atoms with van der Waals surface area (Å²) in [6.45, 7) is 3.74. The summed E-state index contributed by atoms with van der Waals surface area (Å²) in [6.07, 6.45) is 2.13. The van der Waals surface area contributed by atoms with Crippen LogP contribution in [-0.4, -0.2) is 62.0 Å². The van der Waals surface area contributed by atoms with Crippen molar-refractivity contribution in [1.29, 1.82) is 0 Å². The Bertz CT molecular complexity index is 815. The number of carbonyl (C=O) groups is 2. The normalized spacial score (nSPS) is 14.9. The van der Waals surface area contributed by atoms with Crippen LogP contribution < -0.4 is 10.1 Å². The van der Waals surface area contributed by atoms with E-state index in [1.165, 1.54) is 10.5 Å². The van der Waals surface area contributed by atoms with Crippen molar-refractivity contribution in [2.45, 2.75) is 19.4 Å². The number of piperidine rings is 1. The van der Waals surface area contributed by atoms with Gasteiger partial charge in [0.2, 0.25) is 5.91 Å². The summed E-state index contributed by atoms with van der Waals surface area (Å²) in [5.74, 6) is 1.11. The molecule has 1 N–H and O–H groups in total. The first-order valence-corrected chi connectivity index (χ1v) is 10.5.